The Morgan fingerprint density at radius 3 is 2.33 bits per heavy atom. The Morgan fingerprint density at radius 1 is 1.03 bits per heavy atom. The fraction of sp³-hybridized carbons (Fsp3) is 0.406. The van der Waals surface area contributed by atoms with Gasteiger partial charge in [-0.3, -0.25) is 4.79 Å². The quantitative estimate of drug-likeness (QED) is 0.326. The van der Waals surface area contributed by atoms with Crippen LogP contribution in [0, 0.1) is 0 Å². The van der Waals surface area contributed by atoms with Crippen molar-refractivity contribution < 1.29 is 21.5 Å². The Bertz CT molecular complexity index is 1310. The Hall–Kier alpha value is -2.79. The maximum atomic E-state index is 12.7. The van der Waals surface area contributed by atoms with Crippen LogP contribution in [0.15, 0.2) is 84.8 Å². The summed E-state index contributed by atoms with van der Waals surface area (Å²) in [5.74, 6) is 0.112. The summed E-state index contributed by atoms with van der Waals surface area (Å²) in [6.07, 6.45) is 1.82. The van der Waals surface area contributed by atoms with Gasteiger partial charge in [0.05, 0.1) is 19.6 Å². The fourth-order valence-corrected chi connectivity index (χ4v) is 4.60. The standard InChI is InChI=1S/C32H39NO3/c1-32(2,24-34)28-17-15-25(16-18-28)30(35)14-9-21-33-22-19-29(20-23-33)36-31(26-10-5-3-6-11-26)27-12-7-4-8-13-27/h3-8,10-13,15-18,29,31,34H,9,14,19-24H2,1-2H3/i3D,5D,6D,10D,11D. The molecule has 0 bridgehead atoms. The molecule has 36 heavy (non-hydrogen) atoms. The van der Waals surface area contributed by atoms with Crippen molar-refractivity contribution in [3.63, 3.8) is 0 Å². The van der Waals surface area contributed by atoms with Crippen LogP contribution in [-0.4, -0.2) is 48.1 Å². The molecule has 3 aromatic carbocycles. The number of likely N-dealkylation sites (tertiary alicyclic amines) is 1. The van der Waals surface area contributed by atoms with Crippen molar-refractivity contribution in [2.75, 3.05) is 26.2 Å². The SMILES string of the molecule is [2H]c1c([2H])c([2H])c(C(OC2CCN(CCCC(=O)c3ccc(C(C)(C)CO)cc3)CC2)c2ccccc2)c([2H])c1[2H]. The largest absolute Gasteiger partial charge is 0.395 e. The predicted octanol–water partition coefficient (Wildman–Crippen LogP) is 6.19. The normalized spacial score (nSPS) is 18.0. The van der Waals surface area contributed by atoms with Crippen LogP contribution in [-0.2, 0) is 10.2 Å². The first kappa shape index (κ1) is 20.3. The monoisotopic (exact) mass is 490 g/mol. The first-order valence-corrected chi connectivity index (χ1v) is 12.8. The highest BCUT2D eigenvalue weighted by Crippen LogP contribution is 2.30. The van der Waals surface area contributed by atoms with Crippen molar-refractivity contribution in [2.45, 2.75) is 57.2 Å². The highest BCUT2D eigenvalue weighted by atomic mass is 16.5. The lowest BCUT2D eigenvalue weighted by Gasteiger charge is -2.34. The lowest BCUT2D eigenvalue weighted by Crippen LogP contribution is -2.38. The molecule has 0 saturated carbocycles. The molecule has 4 heteroatoms. The molecule has 0 amide bonds. The van der Waals surface area contributed by atoms with Crippen LogP contribution < -0.4 is 0 Å². The van der Waals surface area contributed by atoms with E-state index in [-0.39, 0.29) is 53.6 Å². The molecule has 0 spiro atoms. The first-order valence-electron chi connectivity index (χ1n) is 15.3. The summed E-state index contributed by atoms with van der Waals surface area (Å²) in [5, 5.41) is 9.57. The van der Waals surface area contributed by atoms with Crippen molar-refractivity contribution in [2.24, 2.45) is 0 Å². The molecule has 1 saturated heterocycles. The van der Waals surface area contributed by atoms with E-state index >= 15 is 0 Å². The summed E-state index contributed by atoms with van der Waals surface area (Å²) in [5.41, 5.74) is 2.26. The van der Waals surface area contributed by atoms with E-state index < -0.39 is 12.1 Å². The van der Waals surface area contributed by atoms with Gasteiger partial charge in [-0.1, -0.05) is 98.7 Å². The lowest BCUT2D eigenvalue weighted by atomic mass is 9.85. The van der Waals surface area contributed by atoms with E-state index in [9.17, 15) is 9.90 Å². The number of benzene rings is 3. The molecule has 0 aliphatic carbocycles. The number of aliphatic hydroxyl groups excluding tert-OH is 1. The zero-order chi connectivity index (χ0) is 29.7. The molecular weight excluding hydrogens is 446 g/mol. The van der Waals surface area contributed by atoms with Crippen molar-refractivity contribution in [3.8, 4) is 0 Å². The number of ether oxygens (including phenoxy) is 1. The fourth-order valence-electron chi connectivity index (χ4n) is 4.60. The second kappa shape index (κ2) is 12.4. The minimum absolute atomic E-state index is 0.0444. The predicted molar refractivity (Wildman–Crippen MR) is 145 cm³/mol. The van der Waals surface area contributed by atoms with Crippen LogP contribution >= 0.6 is 0 Å². The maximum absolute atomic E-state index is 12.7. The number of aliphatic hydroxyl groups is 1. The molecule has 1 aliphatic rings. The van der Waals surface area contributed by atoms with Gasteiger partial charge in [0.25, 0.3) is 0 Å². The van der Waals surface area contributed by atoms with Crippen LogP contribution in [0.4, 0.5) is 0 Å². The van der Waals surface area contributed by atoms with Gasteiger partial charge in [0.15, 0.2) is 5.78 Å². The lowest BCUT2D eigenvalue weighted by molar-refractivity contribution is -0.0270. The Labute approximate surface area is 223 Å². The number of Topliss-reactive ketones (excluding diaryl/α,β-unsaturated/α-hetero) is 1. The Kier molecular flexibility index (Phi) is 7.01. The smallest absolute Gasteiger partial charge is 0.162 e. The van der Waals surface area contributed by atoms with Crippen LogP contribution in [0.5, 0.6) is 0 Å². The molecule has 4 nitrogen and oxygen atoms in total. The van der Waals surface area contributed by atoms with Gasteiger partial charge in [-0.05, 0) is 42.5 Å². The molecule has 1 aliphatic heterocycles. The number of rotatable bonds is 11. The number of hydrogen-bond acceptors (Lipinski definition) is 4. The van der Waals surface area contributed by atoms with Crippen LogP contribution in [0.2, 0.25) is 0 Å². The topological polar surface area (TPSA) is 49.8 Å². The maximum Gasteiger partial charge on any atom is 0.162 e. The Balaban J connectivity index is 1.34. The molecule has 3 aromatic rings. The summed E-state index contributed by atoms with van der Waals surface area (Å²) in [4.78, 5) is 15.0. The molecule has 1 N–H and O–H groups in total. The van der Waals surface area contributed by atoms with Gasteiger partial charge in [-0.15, -0.1) is 0 Å². The third kappa shape index (κ3) is 6.91. The average Bonchev–Trinajstić information content (AvgIpc) is 2.99. The van der Waals surface area contributed by atoms with Crippen LogP contribution in [0.3, 0.4) is 0 Å². The minimum Gasteiger partial charge on any atom is -0.395 e. The zero-order valence-corrected chi connectivity index (χ0v) is 21.2. The number of carbonyl (C=O) groups excluding carboxylic acids is 1. The molecule has 0 aromatic heterocycles. The molecule has 190 valence electrons. The van der Waals surface area contributed by atoms with Crippen molar-refractivity contribution >= 4 is 5.78 Å². The molecule has 4 rings (SSSR count). The van der Waals surface area contributed by atoms with Crippen molar-refractivity contribution in [1.82, 2.24) is 4.90 Å². The van der Waals surface area contributed by atoms with E-state index in [1.54, 1.807) is 0 Å². The number of hydrogen-bond donors (Lipinski definition) is 1. The molecule has 0 radical (unpaired) electrons. The van der Waals surface area contributed by atoms with Gasteiger partial charge in [-0.2, -0.15) is 0 Å². The molecule has 1 heterocycles. The van der Waals surface area contributed by atoms with E-state index in [0.717, 1.165) is 50.0 Å². The molecule has 1 fully saturated rings. The summed E-state index contributed by atoms with van der Waals surface area (Å²) < 4.78 is 47.7. The number of ketones is 1. The average molecular weight is 491 g/mol. The third-order valence-corrected chi connectivity index (χ3v) is 7.01. The summed E-state index contributed by atoms with van der Waals surface area (Å²) in [7, 11) is 0. The van der Waals surface area contributed by atoms with E-state index in [1.807, 2.05) is 68.4 Å². The van der Waals surface area contributed by atoms with Crippen molar-refractivity contribution in [3.05, 3.63) is 107 Å². The van der Waals surface area contributed by atoms with Gasteiger partial charge < -0.3 is 14.7 Å². The third-order valence-electron chi connectivity index (χ3n) is 7.01. The van der Waals surface area contributed by atoms with Gasteiger partial charge >= 0.3 is 0 Å². The summed E-state index contributed by atoms with van der Waals surface area (Å²) in [6.45, 7) is 6.38. The number of nitrogens with zero attached hydrogens (tertiary/aromatic N) is 1. The number of piperidine rings is 1. The van der Waals surface area contributed by atoms with E-state index in [1.165, 1.54) is 0 Å². The molecule has 1 atom stereocenters. The second-order valence-electron chi connectivity index (χ2n) is 10.2. The summed E-state index contributed by atoms with van der Waals surface area (Å²) >= 11 is 0. The Morgan fingerprint density at radius 2 is 1.69 bits per heavy atom. The minimum atomic E-state index is -0.770. The first-order chi connectivity index (χ1) is 19.5. The zero-order valence-electron chi connectivity index (χ0n) is 26.2. The number of carbonyl (C=O) groups is 1. The molecule has 1 unspecified atom stereocenters. The van der Waals surface area contributed by atoms with Gasteiger partial charge in [0.1, 0.15) is 6.10 Å². The highest BCUT2D eigenvalue weighted by molar-refractivity contribution is 5.96. The highest BCUT2D eigenvalue weighted by Gasteiger charge is 2.25. The summed E-state index contributed by atoms with van der Waals surface area (Å²) in [6, 6.07) is 15.2. The van der Waals surface area contributed by atoms with Crippen molar-refractivity contribution in [1.29, 1.82) is 0 Å². The van der Waals surface area contributed by atoms with E-state index in [0.29, 0.717) is 12.0 Å². The van der Waals surface area contributed by atoms with Gasteiger partial charge in [-0.25, -0.2) is 0 Å². The second-order valence-corrected chi connectivity index (χ2v) is 10.2. The molecular formula is C32H39NO3. The van der Waals surface area contributed by atoms with Gasteiger partial charge in [0, 0.05) is 30.5 Å². The van der Waals surface area contributed by atoms with Crippen LogP contribution in [0.25, 0.3) is 0 Å². The van der Waals surface area contributed by atoms with E-state index in [2.05, 4.69) is 4.90 Å². The van der Waals surface area contributed by atoms with E-state index in [4.69, 9.17) is 11.6 Å². The van der Waals surface area contributed by atoms with Crippen LogP contribution in [0.1, 0.15) is 79.5 Å². The van der Waals surface area contributed by atoms with Gasteiger partial charge in [0.2, 0.25) is 0 Å².